The molecule has 1 amide bonds. The van der Waals surface area contributed by atoms with Gasteiger partial charge >= 0.3 is 0 Å². The number of anilines is 1. The predicted molar refractivity (Wildman–Crippen MR) is 94.5 cm³/mol. The highest BCUT2D eigenvalue weighted by Crippen LogP contribution is 2.35. The van der Waals surface area contributed by atoms with Gasteiger partial charge in [-0.25, -0.2) is 5.01 Å². The number of carbonyl (C=O) groups excluding carboxylic acids is 1. The van der Waals surface area contributed by atoms with Crippen LogP contribution in [0.4, 0.5) is 5.69 Å². The Morgan fingerprint density at radius 2 is 1.83 bits per heavy atom. The van der Waals surface area contributed by atoms with E-state index in [1.807, 2.05) is 0 Å². The average Bonchev–Trinajstić information content (AvgIpc) is 2.56. The summed E-state index contributed by atoms with van der Waals surface area (Å²) in [5.74, 6) is 0.407. The zero-order chi connectivity index (χ0) is 16.8. The number of fused-ring (bicyclic) bond motifs is 3. The van der Waals surface area contributed by atoms with Crippen LogP contribution >= 0.6 is 0 Å². The molecule has 4 heteroatoms. The molecule has 1 aliphatic carbocycles. The number of rotatable bonds is 1. The first-order valence-corrected chi connectivity index (χ1v) is 8.34. The number of hydrogen-bond donors (Lipinski definition) is 1. The first-order chi connectivity index (χ1) is 11.5. The third kappa shape index (κ3) is 2.39. The SMILES string of the molecule is Cc1cc2c(cc1C)C1=NN(c3ccc(O)cc3)C(=O)CC1CC2. The number of aryl methyl sites for hydroxylation is 3. The smallest absolute Gasteiger partial charge is 0.248 e. The van der Waals surface area contributed by atoms with Crippen molar-refractivity contribution in [3.63, 3.8) is 0 Å². The molecule has 1 heterocycles. The third-order valence-corrected chi connectivity index (χ3v) is 5.10. The number of hydrogen-bond acceptors (Lipinski definition) is 3. The highest BCUT2D eigenvalue weighted by atomic mass is 16.3. The monoisotopic (exact) mass is 320 g/mol. The van der Waals surface area contributed by atoms with Gasteiger partial charge < -0.3 is 5.11 Å². The zero-order valence-electron chi connectivity index (χ0n) is 13.9. The molecule has 1 N–H and O–H groups in total. The van der Waals surface area contributed by atoms with Crippen LogP contribution in [-0.2, 0) is 11.2 Å². The molecule has 1 atom stereocenters. The topological polar surface area (TPSA) is 52.9 Å². The van der Waals surface area contributed by atoms with Crippen molar-refractivity contribution in [1.29, 1.82) is 0 Å². The second-order valence-electron chi connectivity index (χ2n) is 6.74. The van der Waals surface area contributed by atoms with Crippen LogP contribution in [0, 0.1) is 19.8 Å². The van der Waals surface area contributed by atoms with Crippen LogP contribution in [0.5, 0.6) is 5.75 Å². The van der Waals surface area contributed by atoms with Crippen molar-refractivity contribution >= 4 is 17.3 Å². The van der Waals surface area contributed by atoms with Gasteiger partial charge in [-0.05, 0) is 73.7 Å². The van der Waals surface area contributed by atoms with E-state index in [1.165, 1.54) is 27.3 Å². The fraction of sp³-hybridized carbons (Fsp3) is 0.300. The van der Waals surface area contributed by atoms with E-state index in [2.05, 4.69) is 26.0 Å². The van der Waals surface area contributed by atoms with Crippen LogP contribution in [0.25, 0.3) is 0 Å². The lowest BCUT2D eigenvalue weighted by Crippen LogP contribution is -2.39. The van der Waals surface area contributed by atoms with Gasteiger partial charge in [-0.3, -0.25) is 4.79 Å². The largest absolute Gasteiger partial charge is 0.508 e. The molecule has 0 saturated heterocycles. The number of amides is 1. The second kappa shape index (κ2) is 5.48. The van der Waals surface area contributed by atoms with Crippen molar-refractivity contribution in [3.05, 3.63) is 58.7 Å². The van der Waals surface area contributed by atoms with Crippen LogP contribution in [-0.4, -0.2) is 16.7 Å². The van der Waals surface area contributed by atoms with Gasteiger partial charge in [0.15, 0.2) is 0 Å². The molecule has 1 unspecified atom stereocenters. The Hall–Kier alpha value is -2.62. The van der Waals surface area contributed by atoms with Gasteiger partial charge in [-0.1, -0.05) is 6.07 Å². The Bertz CT molecular complexity index is 853. The summed E-state index contributed by atoms with van der Waals surface area (Å²) in [5, 5.41) is 15.7. The molecular weight excluding hydrogens is 300 g/mol. The van der Waals surface area contributed by atoms with Gasteiger partial charge in [-0.15, -0.1) is 0 Å². The number of benzene rings is 2. The summed E-state index contributed by atoms with van der Waals surface area (Å²) in [6.45, 7) is 4.25. The van der Waals surface area contributed by atoms with E-state index in [0.717, 1.165) is 18.6 Å². The summed E-state index contributed by atoms with van der Waals surface area (Å²) in [6.07, 6.45) is 2.47. The Kier molecular flexibility index (Phi) is 3.41. The molecule has 0 spiro atoms. The van der Waals surface area contributed by atoms with E-state index < -0.39 is 0 Å². The highest BCUT2D eigenvalue weighted by molar-refractivity contribution is 6.11. The second-order valence-corrected chi connectivity index (χ2v) is 6.74. The van der Waals surface area contributed by atoms with Gasteiger partial charge in [0.25, 0.3) is 0 Å². The van der Waals surface area contributed by atoms with Crippen molar-refractivity contribution in [2.24, 2.45) is 11.0 Å². The normalized spacial score (nSPS) is 19.6. The fourth-order valence-electron chi connectivity index (χ4n) is 3.60. The molecule has 0 radical (unpaired) electrons. The first-order valence-electron chi connectivity index (χ1n) is 8.34. The molecular formula is C20H20N2O2. The summed E-state index contributed by atoms with van der Waals surface area (Å²) in [5.41, 5.74) is 6.78. The number of phenolic OH excluding ortho intramolecular Hbond substituents is 1. The molecule has 0 fully saturated rings. The molecule has 2 aromatic carbocycles. The summed E-state index contributed by atoms with van der Waals surface area (Å²) in [6, 6.07) is 11.1. The van der Waals surface area contributed by atoms with Crippen molar-refractivity contribution < 1.29 is 9.90 Å². The Labute approximate surface area is 141 Å². The van der Waals surface area contributed by atoms with E-state index in [0.29, 0.717) is 12.1 Å². The molecule has 4 nitrogen and oxygen atoms in total. The number of aromatic hydroxyl groups is 1. The summed E-state index contributed by atoms with van der Waals surface area (Å²) in [4.78, 5) is 12.5. The van der Waals surface area contributed by atoms with Gasteiger partial charge in [0.05, 0.1) is 11.4 Å². The van der Waals surface area contributed by atoms with Crippen molar-refractivity contribution in [3.8, 4) is 5.75 Å². The molecule has 24 heavy (non-hydrogen) atoms. The van der Waals surface area contributed by atoms with Crippen LogP contribution in [0.3, 0.4) is 0 Å². The molecule has 2 aromatic rings. The molecule has 0 aromatic heterocycles. The maximum absolute atomic E-state index is 12.5. The molecule has 0 bridgehead atoms. The lowest BCUT2D eigenvalue weighted by atomic mass is 9.78. The van der Waals surface area contributed by atoms with Gasteiger partial charge in [0.2, 0.25) is 5.91 Å². The van der Waals surface area contributed by atoms with Gasteiger partial charge in [0.1, 0.15) is 5.75 Å². The lowest BCUT2D eigenvalue weighted by Gasteiger charge is -2.33. The molecule has 1 aliphatic heterocycles. The van der Waals surface area contributed by atoms with Crippen LogP contribution in [0.2, 0.25) is 0 Å². The summed E-state index contributed by atoms with van der Waals surface area (Å²) in [7, 11) is 0. The Balaban J connectivity index is 1.82. The van der Waals surface area contributed by atoms with Crippen molar-refractivity contribution in [1.82, 2.24) is 0 Å². The van der Waals surface area contributed by atoms with E-state index in [9.17, 15) is 9.90 Å². The molecule has 0 saturated carbocycles. The van der Waals surface area contributed by atoms with E-state index in [-0.39, 0.29) is 17.6 Å². The zero-order valence-corrected chi connectivity index (χ0v) is 13.9. The highest BCUT2D eigenvalue weighted by Gasteiger charge is 2.34. The number of phenols is 1. The van der Waals surface area contributed by atoms with Crippen molar-refractivity contribution in [2.75, 3.05) is 5.01 Å². The van der Waals surface area contributed by atoms with Crippen LogP contribution < -0.4 is 5.01 Å². The van der Waals surface area contributed by atoms with Gasteiger partial charge in [-0.2, -0.15) is 5.10 Å². The minimum Gasteiger partial charge on any atom is -0.508 e. The van der Waals surface area contributed by atoms with Gasteiger partial charge in [0, 0.05) is 17.9 Å². The Morgan fingerprint density at radius 1 is 1.12 bits per heavy atom. The predicted octanol–water partition coefficient (Wildman–Crippen LogP) is 3.71. The number of hydrazone groups is 1. The third-order valence-electron chi connectivity index (χ3n) is 5.10. The summed E-state index contributed by atoms with van der Waals surface area (Å²) >= 11 is 0. The van der Waals surface area contributed by atoms with E-state index >= 15 is 0 Å². The fourth-order valence-corrected chi connectivity index (χ4v) is 3.60. The number of carbonyl (C=O) groups is 1. The van der Waals surface area contributed by atoms with Crippen LogP contribution in [0.1, 0.15) is 35.1 Å². The van der Waals surface area contributed by atoms with E-state index in [4.69, 9.17) is 5.10 Å². The minimum absolute atomic E-state index is 0.0155. The Morgan fingerprint density at radius 3 is 2.58 bits per heavy atom. The first kappa shape index (κ1) is 14.9. The van der Waals surface area contributed by atoms with E-state index in [1.54, 1.807) is 24.3 Å². The average molecular weight is 320 g/mol. The molecule has 4 rings (SSSR count). The maximum Gasteiger partial charge on any atom is 0.248 e. The molecule has 2 aliphatic rings. The van der Waals surface area contributed by atoms with Crippen molar-refractivity contribution in [2.45, 2.75) is 33.1 Å². The number of nitrogens with zero attached hydrogens (tertiary/aromatic N) is 2. The summed E-state index contributed by atoms with van der Waals surface area (Å²) < 4.78 is 0. The minimum atomic E-state index is 0.0155. The quantitative estimate of drug-likeness (QED) is 0.871. The van der Waals surface area contributed by atoms with Crippen LogP contribution in [0.15, 0.2) is 41.5 Å². The molecule has 122 valence electrons. The lowest BCUT2D eigenvalue weighted by molar-refractivity contribution is -0.119. The standard InChI is InChI=1S/C20H20N2O2/c1-12-9-14-3-4-15-11-19(24)22(16-5-7-17(23)8-6-16)21-20(15)18(14)10-13(12)2/h5-10,15,23H,3-4,11H2,1-2H3. The maximum atomic E-state index is 12.5.